The molecule has 3 rings (SSSR count). The molecule has 1 N–H and O–H groups in total. The van der Waals surface area contributed by atoms with Crippen LogP contribution in [0.4, 0.5) is 0 Å². The molecule has 0 bridgehead atoms. The fraction of sp³-hybridized carbons (Fsp3) is 0.400. The van der Waals surface area contributed by atoms with Crippen LogP contribution in [0.25, 0.3) is 0 Å². The van der Waals surface area contributed by atoms with E-state index in [0.29, 0.717) is 13.1 Å². The SMILES string of the molecule is Cc1cc(C)c(C(=O)N2CC(c3ccccc3)C(C)(C)C2)c(=O)[nH]1. The number of aryl methyl sites for hydroxylation is 2. The van der Waals surface area contributed by atoms with E-state index in [9.17, 15) is 9.59 Å². The van der Waals surface area contributed by atoms with Crippen LogP contribution < -0.4 is 5.56 Å². The molecule has 24 heavy (non-hydrogen) atoms. The Labute approximate surface area is 142 Å². The minimum Gasteiger partial charge on any atom is -0.337 e. The number of likely N-dealkylation sites (tertiary alicyclic amines) is 1. The maximum absolute atomic E-state index is 13.0. The molecule has 1 unspecified atom stereocenters. The largest absolute Gasteiger partial charge is 0.337 e. The van der Waals surface area contributed by atoms with Crippen LogP contribution in [0.2, 0.25) is 0 Å². The van der Waals surface area contributed by atoms with Gasteiger partial charge in [-0.25, -0.2) is 0 Å². The summed E-state index contributed by atoms with van der Waals surface area (Å²) in [5.74, 6) is 0.104. The van der Waals surface area contributed by atoms with Crippen LogP contribution in [0, 0.1) is 19.3 Å². The lowest BCUT2D eigenvalue weighted by molar-refractivity contribution is 0.0775. The van der Waals surface area contributed by atoms with Crippen molar-refractivity contribution in [1.82, 2.24) is 9.88 Å². The topological polar surface area (TPSA) is 53.2 Å². The Hall–Kier alpha value is -2.36. The van der Waals surface area contributed by atoms with Crippen molar-refractivity contribution in [2.45, 2.75) is 33.6 Å². The first-order chi connectivity index (χ1) is 11.3. The van der Waals surface area contributed by atoms with Gasteiger partial charge in [0.15, 0.2) is 0 Å². The third-order valence-electron chi connectivity index (χ3n) is 5.01. The molecule has 0 saturated carbocycles. The van der Waals surface area contributed by atoms with E-state index in [1.54, 1.807) is 0 Å². The summed E-state index contributed by atoms with van der Waals surface area (Å²) in [6.07, 6.45) is 0. The van der Waals surface area contributed by atoms with Crippen LogP contribution in [0.5, 0.6) is 0 Å². The maximum atomic E-state index is 13.0. The van der Waals surface area contributed by atoms with Crippen LogP contribution in [0.3, 0.4) is 0 Å². The zero-order chi connectivity index (χ0) is 17.5. The predicted molar refractivity (Wildman–Crippen MR) is 95.4 cm³/mol. The van der Waals surface area contributed by atoms with Gasteiger partial charge >= 0.3 is 0 Å². The molecule has 1 aromatic heterocycles. The summed E-state index contributed by atoms with van der Waals surface area (Å²) < 4.78 is 0. The van der Waals surface area contributed by atoms with E-state index in [1.807, 2.05) is 43.0 Å². The first-order valence-electron chi connectivity index (χ1n) is 8.34. The van der Waals surface area contributed by atoms with E-state index in [-0.39, 0.29) is 28.4 Å². The van der Waals surface area contributed by atoms with Crippen molar-refractivity contribution in [2.24, 2.45) is 5.41 Å². The molecule has 0 spiro atoms. The normalized spacial score (nSPS) is 19.5. The van der Waals surface area contributed by atoms with Crippen molar-refractivity contribution < 1.29 is 4.79 Å². The molecule has 1 aliphatic rings. The number of hydrogen-bond donors (Lipinski definition) is 1. The van der Waals surface area contributed by atoms with E-state index >= 15 is 0 Å². The summed E-state index contributed by atoms with van der Waals surface area (Å²) in [7, 11) is 0. The van der Waals surface area contributed by atoms with Crippen LogP contribution in [-0.2, 0) is 0 Å². The summed E-state index contributed by atoms with van der Waals surface area (Å²) in [4.78, 5) is 29.8. The average molecular weight is 324 g/mol. The van der Waals surface area contributed by atoms with E-state index in [0.717, 1.165) is 11.3 Å². The second-order valence-electron chi connectivity index (χ2n) is 7.48. The lowest BCUT2D eigenvalue weighted by atomic mass is 9.78. The Morgan fingerprint density at radius 2 is 1.88 bits per heavy atom. The first kappa shape index (κ1) is 16.5. The molecule has 1 amide bonds. The Balaban J connectivity index is 1.92. The van der Waals surface area contributed by atoms with Gasteiger partial charge in [-0.2, -0.15) is 0 Å². The van der Waals surface area contributed by atoms with E-state index in [4.69, 9.17) is 0 Å². The number of benzene rings is 1. The summed E-state index contributed by atoms with van der Waals surface area (Å²) >= 11 is 0. The number of amides is 1. The molecule has 1 atom stereocenters. The molecule has 1 saturated heterocycles. The number of pyridine rings is 1. The number of rotatable bonds is 2. The van der Waals surface area contributed by atoms with Crippen molar-refractivity contribution in [1.29, 1.82) is 0 Å². The molecule has 2 aromatic rings. The number of nitrogens with one attached hydrogen (secondary N) is 1. The molecule has 126 valence electrons. The van der Waals surface area contributed by atoms with Crippen molar-refractivity contribution in [3.8, 4) is 0 Å². The van der Waals surface area contributed by atoms with E-state index in [1.165, 1.54) is 5.56 Å². The van der Waals surface area contributed by atoms with Crippen molar-refractivity contribution in [2.75, 3.05) is 13.1 Å². The molecule has 1 aromatic carbocycles. The Kier molecular flexibility index (Phi) is 4.08. The Morgan fingerprint density at radius 3 is 2.50 bits per heavy atom. The third kappa shape index (κ3) is 2.88. The Bertz CT molecular complexity index is 821. The third-order valence-corrected chi connectivity index (χ3v) is 5.01. The highest BCUT2D eigenvalue weighted by molar-refractivity contribution is 5.95. The van der Waals surface area contributed by atoms with Crippen molar-refractivity contribution >= 4 is 5.91 Å². The lowest BCUT2D eigenvalue weighted by Gasteiger charge is -2.25. The minimum atomic E-state index is -0.293. The van der Waals surface area contributed by atoms with Gasteiger partial charge < -0.3 is 9.88 Å². The molecular formula is C20H24N2O2. The lowest BCUT2D eigenvalue weighted by Crippen LogP contribution is -2.35. The first-order valence-corrected chi connectivity index (χ1v) is 8.34. The predicted octanol–water partition coefficient (Wildman–Crippen LogP) is 3.26. The van der Waals surface area contributed by atoms with Crippen LogP contribution in [-0.4, -0.2) is 28.9 Å². The summed E-state index contributed by atoms with van der Waals surface area (Å²) in [6, 6.07) is 12.2. The number of H-pyrrole nitrogens is 1. The van der Waals surface area contributed by atoms with Crippen LogP contribution in [0.15, 0.2) is 41.2 Å². The van der Waals surface area contributed by atoms with Gasteiger partial charge in [-0.15, -0.1) is 0 Å². The number of hydrogen-bond acceptors (Lipinski definition) is 2. The van der Waals surface area contributed by atoms with Gasteiger partial charge in [0.05, 0.1) is 0 Å². The van der Waals surface area contributed by atoms with Gasteiger partial charge in [0, 0.05) is 24.7 Å². The highest BCUT2D eigenvalue weighted by Crippen LogP contribution is 2.42. The highest BCUT2D eigenvalue weighted by atomic mass is 16.2. The number of carbonyl (C=O) groups excluding carboxylic acids is 1. The number of carbonyl (C=O) groups is 1. The van der Waals surface area contributed by atoms with Gasteiger partial charge in [0.1, 0.15) is 5.56 Å². The standard InChI is InChI=1S/C20H24N2O2/c1-13-10-14(2)21-18(23)17(13)19(24)22-11-16(20(3,4)12-22)15-8-6-5-7-9-15/h5-10,16H,11-12H2,1-4H3,(H,21,23). The molecule has 4 nitrogen and oxygen atoms in total. The van der Waals surface area contributed by atoms with E-state index < -0.39 is 0 Å². The monoisotopic (exact) mass is 324 g/mol. The van der Waals surface area contributed by atoms with Gasteiger partial charge in [-0.3, -0.25) is 9.59 Å². The molecule has 1 aliphatic heterocycles. The van der Waals surface area contributed by atoms with Crippen molar-refractivity contribution in [3.05, 3.63) is 69.1 Å². The van der Waals surface area contributed by atoms with E-state index in [2.05, 4.69) is 31.0 Å². The molecule has 1 fully saturated rings. The maximum Gasteiger partial charge on any atom is 0.261 e. The zero-order valence-electron chi connectivity index (χ0n) is 14.7. The average Bonchev–Trinajstić information content (AvgIpc) is 2.82. The Morgan fingerprint density at radius 1 is 1.21 bits per heavy atom. The smallest absolute Gasteiger partial charge is 0.261 e. The molecular weight excluding hydrogens is 300 g/mol. The molecule has 2 heterocycles. The van der Waals surface area contributed by atoms with Gasteiger partial charge in [0.25, 0.3) is 11.5 Å². The molecule has 4 heteroatoms. The number of aromatic nitrogens is 1. The van der Waals surface area contributed by atoms with Crippen LogP contribution >= 0.6 is 0 Å². The second-order valence-corrected chi connectivity index (χ2v) is 7.48. The number of nitrogens with zero attached hydrogens (tertiary/aromatic N) is 1. The summed E-state index contributed by atoms with van der Waals surface area (Å²) in [5.41, 5.74) is 2.71. The molecule has 0 aliphatic carbocycles. The fourth-order valence-electron chi connectivity index (χ4n) is 3.81. The number of aromatic amines is 1. The highest BCUT2D eigenvalue weighted by Gasteiger charge is 2.42. The fourth-order valence-corrected chi connectivity index (χ4v) is 3.81. The van der Waals surface area contributed by atoms with Gasteiger partial charge in [-0.05, 0) is 36.5 Å². The zero-order valence-corrected chi connectivity index (χ0v) is 14.7. The molecule has 0 radical (unpaired) electrons. The quantitative estimate of drug-likeness (QED) is 0.922. The summed E-state index contributed by atoms with van der Waals surface area (Å²) in [6.45, 7) is 9.31. The van der Waals surface area contributed by atoms with Gasteiger partial charge in [-0.1, -0.05) is 44.2 Å². The van der Waals surface area contributed by atoms with Crippen LogP contribution in [0.1, 0.15) is 46.9 Å². The van der Waals surface area contributed by atoms with Gasteiger partial charge in [0.2, 0.25) is 0 Å². The van der Waals surface area contributed by atoms with Crippen molar-refractivity contribution in [3.63, 3.8) is 0 Å². The summed E-state index contributed by atoms with van der Waals surface area (Å²) in [5, 5.41) is 0. The second kappa shape index (κ2) is 5.93. The minimum absolute atomic E-state index is 0.0254.